The smallest absolute Gasteiger partial charge is 0.261 e. The summed E-state index contributed by atoms with van der Waals surface area (Å²) in [6.45, 7) is 4.08. The van der Waals surface area contributed by atoms with Crippen LogP contribution in [0.25, 0.3) is 0 Å². The number of rotatable bonds is 3. The van der Waals surface area contributed by atoms with Gasteiger partial charge in [-0.3, -0.25) is 9.69 Å². The highest BCUT2D eigenvalue weighted by Crippen LogP contribution is 2.31. The van der Waals surface area contributed by atoms with E-state index < -0.39 is 0 Å². The highest BCUT2D eigenvalue weighted by molar-refractivity contribution is 8.14. The molecule has 0 radical (unpaired) electrons. The standard InChI is InChI=1S/C18H17Cl2N3OS/c1-3-14-10-25-18(22-13-6-4-5-11(2)7-13)23(14)17(24)12-8-15(19)16(20)21-9-12/h4-9,14H,3,10H2,1-2H3/t14-/m1/s1. The van der Waals surface area contributed by atoms with E-state index in [1.54, 1.807) is 22.7 Å². The summed E-state index contributed by atoms with van der Waals surface area (Å²) < 4.78 is 0. The van der Waals surface area contributed by atoms with Gasteiger partial charge < -0.3 is 0 Å². The zero-order valence-corrected chi connectivity index (χ0v) is 16.2. The van der Waals surface area contributed by atoms with Gasteiger partial charge in [0.25, 0.3) is 5.91 Å². The van der Waals surface area contributed by atoms with E-state index >= 15 is 0 Å². The first-order chi connectivity index (χ1) is 12.0. The highest BCUT2D eigenvalue weighted by atomic mass is 35.5. The second-order valence-corrected chi connectivity index (χ2v) is 7.53. The van der Waals surface area contributed by atoms with Crippen LogP contribution >= 0.6 is 35.0 Å². The summed E-state index contributed by atoms with van der Waals surface area (Å²) in [4.78, 5) is 23.5. The van der Waals surface area contributed by atoms with E-state index in [1.165, 1.54) is 6.20 Å². The van der Waals surface area contributed by atoms with E-state index in [0.29, 0.717) is 10.7 Å². The fraction of sp³-hybridized carbons (Fsp3) is 0.278. The predicted molar refractivity (Wildman–Crippen MR) is 105 cm³/mol. The quantitative estimate of drug-likeness (QED) is 0.659. The second kappa shape index (κ2) is 7.77. The fourth-order valence-corrected chi connectivity index (χ4v) is 4.13. The molecular weight excluding hydrogens is 377 g/mol. The summed E-state index contributed by atoms with van der Waals surface area (Å²) in [5.41, 5.74) is 2.38. The van der Waals surface area contributed by atoms with Crippen molar-refractivity contribution in [2.45, 2.75) is 26.3 Å². The molecule has 0 saturated carbocycles. The molecule has 4 nitrogen and oxygen atoms in total. The van der Waals surface area contributed by atoms with E-state index in [1.807, 2.05) is 31.2 Å². The Hall–Kier alpha value is -1.56. The zero-order chi connectivity index (χ0) is 18.0. The maximum Gasteiger partial charge on any atom is 0.261 e. The third kappa shape index (κ3) is 4.00. The number of hydrogen-bond donors (Lipinski definition) is 0. The van der Waals surface area contributed by atoms with Crippen LogP contribution in [0.5, 0.6) is 0 Å². The van der Waals surface area contributed by atoms with Crippen molar-refractivity contribution in [1.29, 1.82) is 0 Å². The molecule has 0 unspecified atom stereocenters. The molecule has 1 aliphatic heterocycles. The van der Waals surface area contributed by atoms with Crippen molar-refractivity contribution in [3.63, 3.8) is 0 Å². The lowest BCUT2D eigenvalue weighted by Gasteiger charge is -2.23. The number of hydrogen-bond acceptors (Lipinski definition) is 4. The second-order valence-electron chi connectivity index (χ2n) is 5.78. The molecular formula is C18H17Cl2N3OS. The minimum absolute atomic E-state index is 0.0931. The monoisotopic (exact) mass is 393 g/mol. The molecule has 0 N–H and O–H groups in total. The lowest BCUT2D eigenvalue weighted by atomic mass is 10.2. The van der Waals surface area contributed by atoms with Crippen LogP contribution in [0.3, 0.4) is 0 Å². The van der Waals surface area contributed by atoms with Gasteiger partial charge in [-0.05, 0) is 37.1 Å². The summed E-state index contributed by atoms with van der Waals surface area (Å²) in [6.07, 6.45) is 2.30. The number of halogens is 2. The predicted octanol–water partition coefficient (Wildman–Crippen LogP) is 5.35. The molecule has 1 saturated heterocycles. The maximum absolute atomic E-state index is 13.0. The van der Waals surface area contributed by atoms with Crippen LogP contribution in [0.15, 0.2) is 41.5 Å². The molecule has 1 aromatic heterocycles. The van der Waals surface area contributed by atoms with Gasteiger partial charge in [0.1, 0.15) is 5.15 Å². The van der Waals surface area contributed by atoms with Crippen LogP contribution in [-0.2, 0) is 0 Å². The van der Waals surface area contributed by atoms with Crippen LogP contribution in [0.1, 0.15) is 29.3 Å². The highest BCUT2D eigenvalue weighted by Gasteiger charge is 2.35. The molecule has 3 rings (SSSR count). The number of carbonyl (C=O) groups excluding carboxylic acids is 1. The first-order valence-electron chi connectivity index (χ1n) is 7.92. The van der Waals surface area contributed by atoms with Gasteiger partial charge in [0, 0.05) is 18.0 Å². The normalized spacial score (nSPS) is 18.8. The molecule has 130 valence electrons. The van der Waals surface area contributed by atoms with Crippen molar-refractivity contribution < 1.29 is 4.79 Å². The number of benzene rings is 1. The number of amides is 1. The number of nitrogens with zero attached hydrogens (tertiary/aromatic N) is 3. The molecule has 1 atom stereocenters. The first-order valence-corrected chi connectivity index (χ1v) is 9.66. The fourth-order valence-electron chi connectivity index (χ4n) is 2.60. The van der Waals surface area contributed by atoms with Crippen molar-refractivity contribution in [2.24, 2.45) is 4.99 Å². The van der Waals surface area contributed by atoms with Crippen molar-refractivity contribution in [1.82, 2.24) is 9.88 Å². The molecule has 1 aromatic carbocycles. The van der Waals surface area contributed by atoms with E-state index in [9.17, 15) is 4.79 Å². The molecule has 1 aliphatic rings. The Morgan fingerprint density at radius 2 is 2.20 bits per heavy atom. The van der Waals surface area contributed by atoms with Gasteiger partial charge in [-0.25, -0.2) is 9.98 Å². The van der Waals surface area contributed by atoms with E-state index in [0.717, 1.165) is 23.4 Å². The number of aliphatic imine (C=N–C) groups is 1. The topological polar surface area (TPSA) is 45.6 Å². The summed E-state index contributed by atoms with van der Waals surface area (Å²) in [5.74, 6) is 0.663. The number of pyridine rings is 1. The molecule has 2 heterocycles. The lowest BCUT2D eigenvalue weighted by molar-refractivity contribution is 0.0819. The van der Waals surface area contributed by atoms with Gasteiger partial charge in [0.05, 0.1) is 16.3 Å². The average molecular weight is 394 g/mol. The molecule has 25 heavy (non-hydrogen) atoms. The van der Waals surface area contributed by atoms with Crippen LogP contribution in [0.4, 0.5) is 5.69 Å². The summed E-state index contributed by atoms with van der Waals surface area (Å²) >= 11 is 13.5. The van der Waals surface area contributed by atoms with E-state index in [-0.39, 0.29) is 22.1 Å². The Kier molecular flexibility index (Phi) is 5.67. The van der Waals surface area contributed by atoms with Crippen LogP contribution < -0.4 is 0 Å². The lowest BCUT2D eigenvalue weighted by Crippen LogP contribution is -2.39. The first kappa shape index (κ1) is 18.2. The zero-order valence-electron chi connectivity index (χ0n) is 13.9. The number of aromatic nitrogens is 1. The van der Waals surface area contributed by atoms with Gasteiger partial charge >= 0.3 is 0 Å². The van der Waals surface area contributed by atoms with Crippen LogP contribution in [0.2, 0.25) is 10.2 Å². The summed E-state index contributed by atoms with van der Waals surface area (Å²) in [5, 5.41) is 1.16. The van der Waals surface area contributed by atoms with Crippen molar-refractivity contribution in [3.8, 4) is 0 Å². The Labute approximate surface area is 161 Å². The van der Waals surface area contributed by atoms with Gasteiger partial charge in [-0.1, -0.05) is 54.0 Å². The molecule has 0 aliphatic carbocycles. The third-order valence-corrected chi connectivity index (χ3v) is 5.72. The molecule has 7 heteroatoms. The number of carbonyl (C=O) groups is 1. The van der Waals surface area contributed by atoms with Crippen LogP contribution in [-0.4, -0.2) is 32.8 Å². The third-order valence-electron chi connectivity index (χ3n) is 3.94. The van der Waals surface area contributed by atoms with Gasteiger partial charge in [-0.15, -0.1) is 0 Å². The van der Waals surface area contributed by atoms with Crippen molar-refractivity contribution >= 4 is 51.7 Å². The number of amidine groups is 1. The molecule has 1 amide bonds. The molecule has 0 spiro atoms. The largest absolute Gasteiger partial charge is 0.283 e. The molecule has 2 aromatic rings. The van der Waals surface area contributed by atoms with Gasteiger partial charge in [0.2, 0.25) is 0 Å². The Balaban J connectivity index is 1.96. The average Bonchev–Trinajstić information content (AvgIpc) is 2.99. The van der Waals surface area contributed by atoms with Gasteiger partial charge in [0.15, 0.2) is 5.17 Å². The number of thioether (sulfide) groups is 1. The maximum atomic E-state index is 13.0. The Morgan fingerprint density at radius 1 is 1.40 bits per heavy atom. The van der Waals surface area contributed by atoms with Crippen molar-refractivity contribution in [3.05, 3.63) is 57.8 Å². The summed E-state index contributed by atoms with van der Waals surface area (Å²) in [7, 11) is 0. The molecule has 0 bridgehead atoms. The number of aryl methyl sites for hydroxylation is 1. The van der Waals surface area contributed by atoms with Crippen LogP contribution in [0, 0.1) is 6.92 Å². The Morgan fingerprint density at radius 3 is 2.88 bits per heavy atom. The minimum Gasteiger partial charge on any atom is -0.283 e. The van der Waals surface area contributed by atoms with Gasteiger partial charge in [-0.2, -0.15) is 0 Å². The van der Waals surface area contributed by atoms with E-state index in [4.69, 9.17) is 28.2 Å². The molecule has 1 fully saturated rings. The SMILES string of the molecule is CC[C@@H]1CSC(=Nc2cccc(C)c2)N1C(=O)c1cnc(Cl)c(Cl)c1. The van der Waals surface area contributed by atoms with Crippen molar-refractivity contribution in [2.75, 3.05) is 5.75 Å². The summed E-state index contributed by atoms with van der Waals surface area (Å²) in [6, 6.07) is 9.56. The van der Waals surface area contributed by atoms with E-state index in [2.05, 4.69) is 11.9 Å². The Bertz CT molecular complexity index is 841. The minimum atomic E-state index is -0.158.